The van der Waals surface area contributed by atoms with E-state index in [0.717, 1.165) is 11.5 Å². The molecule has 0 saturated heterocycles. The van der Waals surface area contributed by atoms with Crippen LogP contribution in [0, 0.1) is 23.0 Å². The van der Waals surface area contributed by atoms with E-state index in [0.29, 0.717) is 11.5 Å². The van der Waals surface area contributed by atoms with Gasteiger partial charge in [0.05, 0.1) is 11.0 Å². The molecule has 1 aromatic carbocycles. The number of hydrogen-bond donors (Lipinski definition) is 2. The zero-order valence-electron chi connectivity index (χ0n) is 11.8. The standard InChI is InChI=1S/C14H18N4O2/c1-9(2)13(14-15-6-7-16-14)17-11-4-5-12(18(19)20)10(3)8-11/h4-9,13,17H,1-3H3,(H,15,16)/t13-/m0/s1. The first-order valence-electron chi connectivity index (χ1n) is 6.50. The second kappa shape index (κ2) is 5.73. The van der Waals surface area contributed by atoms with E-state index in [4.69, 9.17) is 0 Å². The average Bonchev–Trinajstić information content (AvgIpc) is 2.88. The fraction of sp³-hybridized carbons (Fsp3) is 0.357. The molecule has 0 fully saturated rings. The van der Waals surface area contributed by atoms with Gasteiger partial charge in [-0.05, 0) is 25.0 Å². The lowest BCUT2D eigenvalue weighted by Crippen LogP contribution is -2.18. The quantitative estimate of drug-likeness (QED) is 0.646. The highest BCUT2D eigenvalue weighted by Gasteiger charge is 2.19. The number of anilines is 1. The number of benzene rings is 1. The molecule has 0 aliphatic rings. The monoisotopic (exact) mass is 274 g/mol. The van der Waals surface area contributed by atoms with Crippen molar-refractivity contribution in [3.63, 3.8) is 0 Å². The molecule has 0 aliphatic heterocycles. The molecule has 2 rings (SSSR count). The molecule has 20 heavy (non-hydrogen) atoms. The van der Waals surface area contributed by atoms with Crippen LogP contribution in [0.15, 0.2) is 30.6 Å². The molecule has 1 aromatic heterocycles. The van der Waals surface area contributed by atoms with Crippen LogP contribution in [-0.4, -0.2) is 14.9 Å². The van der Waals surface area contributed by atoms with Gasteiger partial charge in [0.15, 0.2) is 0 Å². The molecule has 0 spiro atoms. The van der Waals surface area contributed by atoms with Crippen LogP contribution in [0.4, 0.5) is 11.4 Å². The topological polar surface area (TPSA) is 83.8 Å². The number of aromatic amines is 1. The first-order chi connectivity index (χ1) is 9.49. The van der Waals surface area contributed by atoms with Crippen LogP contribution in [0.25, 0.3) is 0 Å². The SMILES string of the molecule is Cc1cc(N[C@H](c2ncc[nH]2)C(C)C)ccc1[N+](=O)[O-]. The van der Waals surface area contributed by atoms with Gasteiger partial charge in [0.25, 0.3) is 5.69 Å². The van der Waals surface area contributed by atoms with Crippen molar-refractivity contribution >= 4 is 11.4 Å². The first kappa shape index (κ1) is 14.0. The van der Waals surface area contributed by atoms with E-state index in [2.05, 4.69) is 29.1 Å². The Kier molecular flexibility index (Phi) is 4.02. The summed E-state index contributed by atoms with van der Waals surface area (Å²) >= 11 is 0. The lowest BCUT2D eigenvalue weighted by Gasteiger charge is -2.21. The zero-order chi connectivity index (χ0) is 14.7. The molecule has 0 saturated carbocycles. The Labute approximate surface area is 117 Å². The van der Waals surface area contributed by atoms with E-state index >= 15 is 0 Å². The average molecular weight is 274 g/mol. The van der Waals surface area contributed by atoms with E-state index in [1.165, 1.54) is 6.07 Å². The lowest BCUT2D eigenvalue weighted by molar-refractivity contribution is -0.385. The number of aromatic nitrogens is 2. The Morgan fingerprint density at radius 2 is 2.15 bits per heavy atom. The van der Waals surface area contributed by atoms with Crippen LogP contribution in [-0.2, 0) is 0 Å². The van der Waals surface area contributed by atoms with Crippen molar-refractivity contribution in [1.82, 2.24) is 9.97 Å². The van der Waals surface area contributed by atoms with E-state index < -0.39 is 0 Å². The summed E-state index contributed by atoms with van der Waals surface area (Å²) in [7, 11) is 0. The maximum atomic E-state index is 10.8. The number of aryl methyl sites for hydroxylation is 1. The van der Waals surface area contributed by atoms with Crippen LogP contribution in [0.5, 0.6) is 0 Å². The molecule has 6 nitrogen and oxygen atoms in total. The second-order valence-corrected chi connectivity index (χ2v) is 5.10. The van der Waals surface area contributed by atoms with E-state index in [9.17, 15) is 10.1 Å². The molecule has 6 heteroatoms. The molecule has 1 atom stereocenters. The number of hydrogen-bond acceptors (Lipinski definition) is 4. The minimum atomic E-state index is -0.369. The summed E-state index contributed by atoms with van der Waals surface area (Å²) < 4.78 is 0. The largest absolute Gasteiger partial charge is 0.375 e. The van der Waals surface area contributed by atoms with Gasteiger partial charge in [0.1, 0.15) is 5.82 Å². The molecule has 2 aromatic rings. The Morgan fingerprint density at radius 1 is 1.40 bits per heavy atom. The number of nitro groups is 1. The number of H-pyrrole nitrogens is 1. The van der Waals surface area contributed by atoms with Crippen molar-refractivity contribution in [1.29, 1.82) is 0 Å². The summed E-state index contributed by atoms with van der Waals surface area (Å²) in [6.45, 7) is 5.93. The summed E-state index contributed by atoms with van der Waals surface area (Å²) in [4.78, 5) is 17.8. The third-order valence-corrected chi connectivity index (χ3v) is 3.20. The molecule has 106 valence electrons. The second-order valence-electron chi connectivity index (χ2n) is 5.10. The molecule has 0 amide bonds. The van der Waals surface area contributed by atoms with Crippen molar-refractivity contribution in [3.05, 3.63) is 52.1 Å². The molecule has 0 unspecified atom stereocenters. The van der Waals surface area contributed by atoms with Gasteiger partial charge in [-0.3, -0.25) is 10.1 Å². The molecule has 2 N–H and O–H groups in total. The highest BCUT2D eigenvalue weighted by atomic mass is 16.6. The van der Waals surface area contributed by atoms with Gasteiger partial charge in [0, 0.05) is 29.7 Å². The molecular formula is C14H18N4O2. The molecule has 0 aliphatic carbocycles. The predicted octanol–water partition coefficient (Wildman–Crippen LogP) is 3.44. The van der Waals surface area contributed by atoms with E-state index in [1.807, 2.05) is 0 Å². The summed E-state index contributed by atoms with van der Waals surface area (Å²) in [5, 5.41) is 14.2. The highest BCUT2D eigenvalue weighted by molar-refractivity contribution is 5.54. The van der Waals surface area contributed by atoms with Crippen LogP contribution >= 0.6 is 0 Å². The van der Waals surface area contributed by atoms with Crippen LogP contribution < -0.4 is 5.32 Å². The molecule has 0 radical (unpaired) electrons. The van der Waals surface area contributed by atoms with Crippen LogP contribution in [0.3, 0.4) is 0 Å². The molecular weight excluding hydrogens is 256 g/mol. The van der Waals surface area contributed by atoms with Crippen molar-refractivity contribution in [2.75, 3.05) is 5.32 Å². The molecule has 0 bridgehead atoms. The number of nitro benzene ring substituents is 1. The number of imidazole rings is 1. The fourth-order valence-electron chi connectivity index (χ4n) is 2.13. The third-order valence-electron chi connectivity index (χ3n) is 3.20. The van der Waals surface area contributed by atoms with E-state index in [1.54, 1.807) is 31.5 Å². The Balaban J connectivity index is 2.24. The smallest absolute Gasteiger partial charge is 0.272 e. The Morgan fingerprint density at radius 3 is 2.65 bits per heavy atom. The zero-order valence-corrected chi connectivity index (χ0v) is 11.8. The van der Waals surface area contributed by atoms with E-state index in [-0.39, 0.29) is 16.7 Å². The minimum absolute atomic E-state index is 0.0332. The normalized spacial score (nSPS) is 12.4. The number of nitrogens with one attached hydrogen (secondary N) is 2. The third kappa shape index (κ3) is 2.96. The maximum Gasteiger partial charge on any atom is 0.272 e. The minimum Gasteiger partial charge on any atom is -0.375 e. The highest BCUT2D eigenvalue weighted by Crippen LogP contribution is 2.27. The van der Waals surface area contributed by atoms with Crippen molar-refractivity contribution in [3.8, 4) is 0 Å². The first-order valence-corrected chi connectivity index (χ1v) is 6.50. The summed E-state index contributed by atoms with van der Waals surface area (Å²) in [5.74, 6) is 1.19. The van der Waals surface area contributed by atoms with Crippen molar-refractivity contribution < 1.29 is 4.92 Å². The van der Waals surface area contributed by atoms with Gasteiger partial charge >= 0.3 is 0 Å². The van der Waals surface area contributed by atoms with Gasteiger partial charge in [-0.25, -0.2) is 4.98 Å². The predicted molar refractivity (Wildman–Crippen MR) is 77.6 cm³/mol. The summed E-state index contributed by atoms with van der Waals surface area (Å²) in [6, 6.07) is 5.07. The summed E-state index contributed by atoms with van der Waals surface area (Å²) in [5.41, 5.74) is 1.62. The van der Waals surface area contributed by atoms with Gasteiger partial charge in [-0.15, -0.1) is 0 Å². The van der Waals surface area contributed by atoms with Crippen LogP contribution in [0.2, 0.25) is 0 Å². The Bertz CT molecular complexity index is 593. The molecule has 1 heterocycles. The van der Waals surface area contributed by atoms with Crippen molar-refractivity contribution in [2.24, 2.45) is 5.92 Å². The summed E-state index contributed by atoms with van der Waals surface area (Å²) in [6.07, 6.45) is 3.50. The lowest BCUT2D eigenvalue weighted by atomic mass is 10.0. The maximum absolute atomic E-state index is 10.8. The number of nitrogens with zero attached hydrogens (tertiary/aromatic N) is 2. The van der Waals surface area contributed by atoms with Gasteiger partial charge in [0.2, 0.25) is 0 Å². The van der Waals surface area contributed by atoms with Gasteiger partial charge in [-0.2, -0.15) is 0 Å². The fourth-order valence-corrected chi connectivity index (χ4v) is 2.13. The Hall–Kier alpha value is -2.37. The number of rotatable bonds is 5. The van der Waals surface area contributed by atoms with Gasteiger partial charge < -0.3 is 10.3 Å². The van der Waals surface area contributed by atoms with Crippen molar-refractivity contribution in [2.45, 2.75) is 26.8 Å². The van der Waals surface area contributed by atoms with Gasteiger partial charge in [-0.1, -0.05) is 13.8 Å². The van der Waals surface area contributed by atoms with Crippen LogP contribution in [0.1, 0.15) is 31.3 Å².